The normalized spacial score (nSPS) is 22.0. The first kappa shape index (κ1) is 27.5. The summed E-state index contributed by atoms with van der Waals surface area (Å²) in [6.45, 7) is 2.22. The van der Waals surface area contributed by atoms with Gasteiger partial charge < -0.3 is 14.8 Å². The van der Waals surface area contributed by atoms with Crippen LogP contribution in [0.1, 0.15) is 89.8 Å². The van der Waals surface area contributed by atoms with E-state index >= 15 is 0 Å². The Morgan fingerprint density at radius 3 is 2.63 bits per heavy atom. The minimum Gasteiger partial charge on any atom is -0.320 e. The second-order valence-electron chi connectivity index (χ2n) is 12.2. The van der Waals surface area contributed by atoms with Gasteiger partial charge in [-0.25, -0.2) is 0 Å². The van der Waals surface area contributed by atoms with Gasteiger partial charge in [0.05, 0.1) is 18.2 Å². The Kier molecular flexibility index (Phi) is 6.89. The Morgan fingerprint density at radius 1 is 1.22 bits per heavy atom. The van der Waals surface area contributed by atoms with Gasteiger partial charge in [0.15, 0.2) is 0 Å². The van der Waals surface area contributed by atoms with Crippen molar-refractivity contribution in [3.8, 4) is 6.07 Å². The van der Waals surface area contributed by atoms with Gasteiger partial charge in [0.2, 0.25) is 0 Å². The average Bonchev–Trinajstić information content (AvgIpc) is 3.47. The van der Waals surface area contributed by atoms with Crippen molar-refractivity contribution in [1.29, 1.82) is 5.26 Å². The fourth-order valence-corrected chi connectivity index (χ4v) is 6.68. The first-order valence-electron chi connectivity index (χ1n) is 14.2. The predicted octanol–water partition coefficient (Wildman–Crippen LogP) is 6.10. The number of alkyl halides is 3. The van der Waals surface area contributed by atoms with Crippen LogP contribution in [0, 0.1) is 23.2 Å². The molecule has 1 amide bonds. The number of hydrogen-bond acceptors (Lipinski definition) is 5. The number of aryl methyl sites for hydroxylation is 1. The fourth-order valence-electron chi connectivity index (χ4n) is 6.68. The van der Waals surface area contributed by atoms with Gasteiger partial charge >= 0.3 is 6.18 Å². The number of carbonyl (C=O) groups excluding carboxylic acids is 1. The molecule has 6 rings (SSSR count). The molecule has 1 N–H and O–H groups in total. The molecule has 3 aliphatic rings. The van der Waals surface area contributed by atoms with Gasteiger partial charge in [-0.2, -0.15) is 18.4 Å². The molecular weight excluding hydrogens is 529 g/mol. The summed E-state index contributed by atoms with van der Waals surface area (Å²) in [6, 6.07) is 12.6. The standard InChI is InChI=1S/C31H33F3N6O/c1-30(8-4-9-30)36-16-20-13-24-25(26(14-20)31(32,33)34)17-40(29(24)41)23-6-3-5-21(15-23)27(28-38-37-18-39(28)2)22-11-19(12-22)7-10-35/h3,5-6,13-15,18-19,22,27,36H,4,7-9,11-12,16-17H2,1-2H3/t19-,22-,27?. The molecule has 3 aromatic rings. The topological polar surface area (TPSA) is 86.8 Å². The molecule has 1 unspecified atom stereocenters. The molecule has 214 valence electrons. The largest absolute Gasteiger partial charge is 0.416 e. The molecule has 10 heteroatoms. The van der Waals surface area contributed by atoms with Crippen LogP contribution in [0.4, 0.5) is 18.9 Å². The van der Waals surface area contributed by atoms with E-state index in [2.05, 4.69) is 28.5 Å². The second kappa shape index (κ2) is 10.3. The predicted molar refractivity (Wildman–Crippen MR) is 147 cm³/mol. The molecule has 2 fully saturated rings. The SMILES string of the molecule is Cn1cnnc1C(c1cccc(N2Cc3c(cc(CNC4(C)CCC4)cc3C(F)(F)F)C2=O)c1)[C@H]1C[C@H](CC#N)C1. The lowest BCUT2D eigenvalue weighted by atomic mass is 9.65. The van der Waals surface area contributed by atoms with Crippen molar-refractivity contribution in [2.24, 2.45) is 18.9 Å². The number of benzene rings is 2. The van der Waals surface area contributed by atoms with Crippen LogP contribution in [0.25, 0.3) is 0 Å². The molecule has 0 saturated heterocycles. The van der Waals surface area contributed by atoms with Crippen molar-refractivity contribution in [3.63, 3.8) is 0 Å². The van der Waals surface area contributed by atoms with E-state index in [-0.39, 0.29) is 41.6 Å². The number of rotatable bonds is 8. The van der Waals surface area contributed by atoms with Crippen molar-refractivity contribution in [3.05, 3.63) is 76.4 Å². The Hall–Kier alpha value is -3.71. The molecular formula is C31H33F3N6O. The average molecular weight is 563 g/mol. The zero-order valence-corrected chi connectivity index (χ0v) is 23.2. The van der Waals surface area contributed by atoms with E-state index in [4.69, 9.17) is 5.26 Å². The molecule has 7 nitrogen and oxygen atoms in total. The maximum Gasteiger partial charge on any atom is 0.416 e. The van der Waals surface area contributed by atoms with Gasteiger partial charge in [0, 0.05) is 42.7 Å². The Morgan fingerprint density at radius 2 is 2.00 bits per heavy atom. The van der Waals surface area contributed by atoms with Crippen LogP contribution in [0.5, 0.6) is 0 Å². The highest BCUT2D eigenvalue weighted by atomic mass is 19.4. The molecule has 2 aromatic carbocycles. The molecule has 0 radical (unpaired) electrons. The molecule has 1 aromatic heterocycles. The smallest absolute Gasteiger partial charge is 0.320 e. The van der Waals surface area contributed by atoms with E-state index in [0.717, 1.165) is 43.5 Å². The molecule has 1 atom stereocenters. The number of hydrogen-bond donors (Lipinski definition) is 1. The van der Waals surface area contributed by atoms with Crippen LogP contribution in [0.3, 0.4) is 0 Å². The molecule has 2 heterocycles. The zero-order chi connectivity index (χ0) is 28.9. The third-order valence-corrected chi connectivity index (χ3v) is 9.27. The van der Waals surface area contributed by atoms with Crippen molar-refractivity contribution in [1.82, 2.24) is 20.1 Å². The van der Waals surface area contributed by atoms with E-state index in [9.17, 15) is 18.0 Å². The van der Waals surface area contributed by atoms with E-state index in [1.54, 1.807) is 18.5 Å². The lowest BCUT2D eigenvalue weighted by molar-refractivity contribution is -0.138. The summed E-state index contributed by atoms with van der Waals surface area (Å²) < 4.78 is 44.6. The van der Waals surface area contributed by atoms with Crippen molar-refractivity contribution in [2.45, 2.75) is 76.2 Å². The highest BCUT2D eigenvalue weighted by Gasteiger charge is 2.42. The summed E-state index contributed by atoms with van der Waals surface area (Å²) in [7, 11) is 1.88. The number of nitrogens with one attached hydrogen (secondary N) is 1. The first-order chi connectivity index (χ1) is 19.6. The second-order valence-corrected chi connectivity index (χ2v) is 12.2. The number of nitriles is 1. The molecule has 0 spiro atoms. The highest BCUT2D eigenvalue weighted by molar-refractivity contribution is 6.10. The number of carbonyl (C=O) groups is 1. The van der Waals surface area contributed by atoms with E-state index in [1.807, 2.05) is 29.8 Å². The van der Waals surface area contributed by atoms with Gasteiger partial charge in [0.1, 0.15) is 12.2 Å². The van der Waals surface area contributed by atoms with E-state index < -0.39 is 17.6 Å². The van der Waals surface area contributed by atoms with Crippen LogP contribution in [-0.2, 0) is 26.3 Å². The van der Waals surface area contributed by atoms with Crippen LogP contribution < -0.4 is 10.2 Å². The number of amides is 1. The number of halogens is 3. The fraction of sp³-hybridized carbons (Fsp3) is 0.484. The van der Waals surface area contributed by atoms with Crippen LogP contribution in [0.2, 0.25) is 0 Å². The van der Waals surface area contributed by atoms with Crippen LogP contribution >= 0.6 is 0 Å². The molecule has 0 bridgehead atoms. The summed E-state index contributed by atoms with van der Waals surface area (Å²) in [4.78, 5) is 15.1. The molecule has 2 saturated carbocycles. The van der Waals surface area contributed by atoms with E-state index in [1.165, 1.54) is 11.0 Å². The van der Waals surface area contributed by atoms with Crippen molar-refractivity contribution >= 4 is 11.6 Å². The first-order valence-corrected chi connectivity index (χ1v) is 14.2. The minimum atomic E-state index is -4.57. The Labute approximate surface area is 237 Å². The molecule has 2 aliphatic carbocycles. The summed E-state index contributed by atoms with van der Waals surface area (Å²) in [5, 5.41) is 20.9. The van der Waals surface area contributed by atoms with Gasteiger partial charge in [-0.15, -0.1) is 10.2 Å². The maximum absolute atomic E-state index is 14.2. The maximum atomic E-state index is 14.2. The quantitative estimate of drug-likeness (QED) is 0.359. The van der Waals surface area contributed by atoms with E-state index in [0.29, 0.717) is 23.6 Å². The number of fused-ring (bicyclic) bond motifs is 1. The summed E-state index contributed by atoms with van der Waals surface area (Å²) in [5.74, 6) is 0.855. The summed E-state index contributed by atoms with van der Waals surface area (Å²) >= 11 is 0. The lowest BCUT2D eigenvalue weighted by Gasteiger charge is -2.39. The van der Waals surface area contributed by atoms with Gasteiger partial charge in [-0.3, -0.25) is 4.79 Å². The Bertz CT molecular complexity index is 1510. The highest BCUT2D eigenvalue weighted by Crippen LogP contribution is 2.48. The zero-order valence-electron chi connectivity index (χ0n) is 23.2. The third kappa shape index (κ3) is 5.12. The van der Waals surface area contributed by atoms with Gasteiger partial charge in [-0.1, -0.05) is 12.1 Å². The van der Waals surface area contributed by atoms with Gasteiger partial charge in [0.25, 0.3) is 5.91 Å². The minimum absolute atomic E-state index is 0.0229. The third-order valence-electron chi connectivity index (χ3n) is 9.27. The Balaban J connectivity index is 1.31. The van der Waals surface area contributed by atoms with Crippen molar-refractivity contribution in [2.75, 3.05) is 4.90 Å². The van der Waals surface area contributed by atoms with Crippen LogP contribution in [-0.4, -0.2) is 26.2 Å². The lowest BCUT2D eigenvalue weighted by Crippen LogP contribution is -2.47. The number of nitrogens with zero attached hydrogens (tertiary/aromatic N) is 5. The summed E-state index contributed by atoms with van der Waals surface area (Å²) in [5.41, 5.74) is 1.27. The molecule has 41 heavy (non-hydrogen) atoms. The summed E-state index contributed by atoms with van der Waals surface area (Å²) in [6.07, 6.45) is 2.44. The molecule has 1 aliphatic heterocycles. The van der Waals surface area contributed by atoms with Crippen LogP contribution in [0.15, 0.2) is 42.7 Å². The number of anilines is 1. The van der Waals surface area contributed by atoms with Gasteiger partial charge in [-0.05, 0) is 91.8 Å². The number of aromatic nitrogens is 3. The van der Waals surface area contributed by atoms with Crippen molar-refractivity contribution < 1.29 is 18.0 Å². The monoisotopic (exact) mass is 562 g/mol.